The number of rotatable bonds is 5. The predicted octanol–water partition coefficient (Wildman–Crippen LogP) is 2.19. The number of anilines is 1. The van der Waals surface area contributed by atoms with E-state index in [2.05, 4.69) is 22.2 Å². The average molecular weight is 264 g/mol. The first-order valence-electron chi connectivity index (χ1n) is 7.10. The standard InChI is InChI=1S/C14H24N4O/c1-3-19-13-8-12(16-10-17-13)18-14(9-15)6-4-11(2)5-7-14/h8,10-11H,3-7,9,15H2,1-2H3,(H,16,17,18). The van der Waals surface area contributed by atoms with Crippen LogP contribution < -0.4 is 15.8 Å². The van der Waals surface area contributed by atoms with Crippen molar-refractivity contribution >= 4 is 5.82 Å². The Bertz CT molecular complexity index is 402. The van der Waals surface area contributed by atoms with Crippen LogP contribution in [-0.2, 0) is 0 Å². The van der Waals surface area contributed by atoms with Crippen molar-refractivity contribution in [2.24, 2.45) is 11.7 Å². The van der Waals surface area contributed by atoms with Crippen molar-refractivity contribution in [1.29, 1.82) is 0 Å². The maximum atomic E-state index is 5.99. The molecule has 1 aliphatic rings. The van der Waals surface area contributed by atoms with Crippen molar-refractivity contribution in [3.8, 4) is 5.88 Å². The number of nitrogens with two attached hydrogens (primary N) is 1. The van der Waals surface area contributed by atoms with Gasteiger partial charge in [-0.15, -0.1) is 0 Å². The van der Waals surface area contributed by atoms with Gasteiger partial charge in [0.2, 0.25) is 5.88 Å². The van der Waals surface area contributed by atoms with E-state index in [1.54, 1.807) is 0 Å². The molecule has 106 valence electrons. The number of hydrogen-bond acceptors (Lipinski definition) is 5. The number of nitrogens with zero attached hydrogens (tertiary/aromatic N) is 2. The zero-order chi connectivity index (χ0) is 13.7. The molecule has 1 aliphatic carbocycles. The molecule has 3 N–H and O–H groups in total. The van der Waals surface area contributed by atoms with Crippen LogP contribution >= 0.6 is 0 Å². The van der Waals surface area contributed by atoms with Gasteiger partial charge in [-0.3, -0.25) is 0 Å². The Hall–Kier alpha value is -1.36. The predicted molar refractivity (Wildman–Crippen MR) is 76.2 cm³/mol. The Labute approximate surface area is 115 Å². The molecule has 1 fully saturated rings. The molecule has 5 heteroatoms. The summed E-state index contributed by atoms with van der Waals surface area (Å²) in [5.41, 5.74) is 5.97. The van der Waals surface area contributed by atoms with Gasteiger partial charge in [-0.2, -0.15) is 0 Å². The minimum Gasteiger partial charge on any atom is -0.478 e. The summed E-state index contributed by atoms with van der Waals surface area (Å²) in [6.07, 6.45) is 6.15. The van der Waals surface area contributed by atoms with Crippen molar-refractivity contribution in [2.45, 2.75) is 45.1 Å². The highest BCUT2D eigenvalue weighted by atomic mass is 16.5. The quantitative estimate of drug-likeness (QED) is 0.853. The van der Waals surface area contributed by atoms with Gasteiger partial charge in [-0.05, 0) is 38.5 Å². The van der Waals surface area contributed by atoms with E-state index >= 15 is 0 Å². The van der Waals surface area contributed by atoms with Gasteiger partial charge in [0.25, 0.3) is 0 Å². The summed E-state index contributed by atoms with van der Waals surface area (Å²) in [6, 6.07) is 1.85. The normalized spacial score (nSPS) is 27.0. The molecule has 0 saturated heterocycles. The highest BCUT2D eigenvalue weighted by Gasteiger charge is 2.33. The van der Waals surface area contributed by atoms with E-state index in [0.717, 1.165) is 24.6 Å². The first-order chi connectivity index (χ1) is 9.17. The molecule has 0 atom stereocenters. The second-order valence-corrected chi connectivity index (χ2v) is 5.47. The van der Waals surface area contributed by atoms with E-state index in [-0.39, 0.29) is 5.54 Å². The highest BCUT2D eigenvalue weighted by molar-refractivity contribution is 5.40. The molecule has 0 unspecified atom stereocenters. The molecule has 1 aromatic rings. The lowest BCUT2D eigenvalue weighted by Crippen LogP contribution is -2.48. The van der Waals surface area contributed by atoms with Crippen LogP contribution in [0.25, 0.3) is 0 Å². The van der Waals surface area contributed by atoms with Crippen molar-refractivity contribution < 1.29 is 4.74 Å². The molecule has 1 aromatic heterocycles. The molecule has 0 aliphatic heterocycles. The molecule has 0 spiro atoms. The maximum absolute atomic E-state index is 5.99. The van der Waals surface area contributed by atoms with Crippen LogP contribution in [0.3, 0.4) is 0 Å². The number of ether oxygens (including phenoxy) is 1. The largest absolute Gasteiger partial charge is 0.478 e. The zero-order valence-electron chi connectivity index (χ0n) is 11.9. The van der Waals surface area contributed by atoms with Gasteiger partial charge in [-0.1, -0.05) is 6.92 Å². The molecule has 19 heavy (non-hydrogen) atoms. The Morgan fingerprint density at radius 3 is 2.79 bits per heavy atom. The Morgan fingerprint density at radius 1 is 1.42 bits per heavy atom. The van der Waals surface area contributed by atoms with Gasteiger partial charge < -0.3 is 15.8 Å². The van der Waals surface area contributed by atoms with Crippen LogP contribution in [0.5, 0.6) is 5.88 Å². The lowest BCUT2D eigenvalue weighted by molar-refractivity contribution is 0.271. The minimum absolute atomic E-state index is 0.0235. The summed E-state index contributed by atoms with van der Waals surface area (Å²) in [5.74, 6) is 2.21. The maximum Gasteiger partial charge on any atom is 0.218 e. The summed E-state index contributed by atoms with van der Waals surface area (Å²) in [7, 11) is 0. The lowest BCUT2D eigenvalue weighted by Gasteiger charge is -2.39. The van der Waals surface area contributed by atoms with Crippen LogP contribution in [0.1, 0.15) is 39.5 Å². The van der Waals surface area contributed by atoms with Crippen LogP contribution in [0.2, 0.25) is 0 Å². The summed E-state index contributed by atoms with van der Waals surface area (Å²) in [5, 5.41) is 3.51. The molecule has 5 nitrogen and oxygen atoms in total. The molecule has 0 amide bonds. The fraction of sp³-hybridized carbons (Fsp3) is 0.714. The molecule has 2 rings (SSSR count). The smallest absolute Gasteiger partial charge is 0.218 e. The SMILES string of the molecule is CCOc1cc(NC2(CN)CCC(C)CC2)ncn1. The lowest BCUT2D eigenvalue weighted by atomic mass is 9.77. The molecule has 0 bridgehead atoms. The van der Waals surface area contributed by atoms with Crippen molar-refractivity contribution in [1.82, 2.24) is 9.97 Å². The molecular weight excluding hydrogens is 240 g/mol. The van der Waals surface area contributed by atoms with Gasteiger partial charge >= 0.3 is 0 Å². The molecule has 0 aromatic carbocycles. The fourth-order valence-electron chi connectivity index (χ4n) is 2.60. The summed E-state index contributed by atoms with van der Waals surface area (Å²) < 4.78 is 5.40. The van der Waals surface area contributed by atoms with Crippen LogP contribution in [-0.4, -0.2) is 28.7 Å². The second-order valence-electron chi connectivity index (χ2n) is 5.47. The molecule has 1 heterocycles. The zero-order valence-corrected chi connectivity index (χ0v) is 11.9. The third kappa shape index (κ3) is 3.56. The van der Waals surface area contributed by atoms with Gasteiger partial charge in [0, 0.05) is 12.6 Å². The van der Waals surface area contributed by atoms with Crippen molar-refractivity contribution in [3.63, 3.8) is 0 Å². The van der Waals surface area contributed by atoms with Gasteiger partial charge in [0.05, 0.1) is 12.1 Å². The monoisotopic (exact) mass is 264 g/mol. The van der Waals surface area contributed by atoms with Crippen LogP contribution in [0, 0.1) is 5.92 Å². The first-order valence-corrected chi connectivity index (χ1v) is 7.10. The van der Waals surface area contributed by atoms with E-state index < -0.39 is 0 Å². The van der Waals surface area contributed by atoms with Gasteiger partial charge in [-0.25, -0.2) is 9.97 Å². The Morgan fingerprint density at radius 2 is 2.16 bits per heavy atom. The summed E-state index contributed by atoms with van der Waals surface area (Å²) >= 11 is 0. The van der Waals surface area contributed by atoms with E-state index in [0.29, 0.717) is 19.0 Å². The Balaban J connectivity index is 2.07. The molecular formula is C14H24N4O. The number of hydrogen-bond donors (Lipinski definition) is 2. The van der Waals surface area contributed by atoms with Gasteiger partial charge in [0.15, 0.2) is 0 Å². The topological polar surface area (TPSA) is 73.1 Å². The summed E-state index contributed by atoms with van der Waals surface area (Å²) in [4.78, 5) is 8.35. The highest BCUT2D eigenvalue weighted by Crippen LogP contribution is 2.33. The third-order valence-electron chi connectivity index (χ3n) is 3.95. The van der Waals surface area contributed by atoms with Crippen molar-refractivity contribution in [3.05, 3.63) is 12.4 Å². The van der Waals surface area contributed by atoms with E-state index in [1.807, 2.05) is 13.0 Å². The summed E-state index contributed by atoms with van der Waals surface area (Å²) in [6.45, 7) is 5.49. The minimum atomic E-state index is -0.0235. The average Bonchev–Trinajstić information content (AvgIpc) is 2.43. The van der Waals surface area contributed by atoms with Gasteiger partial charge in [0.1, 0.15) is 12.1 Å². The third-order valence-corrected chi connectivity index (χ3v) is 3.95. The van der Waals surface area contributed by atoms with Crippen molar-refractivity contribution in [2.75, 3.05) is 18.5 Å². The van der Waals surface area contributed by atoms with E-state index in [9.17, 15) is 0 Å². The number of aromatic nitrogens is 2. The fourth-order valence-corrected chi connectivity index (χ4v) is 2.60. The molecule has 1 saturated carbocycles. The second kappa shape index (κ2) is 6.19. The first kappa shape index (κ1) is 14.1. The van der Waals surface area contributed by atoms with E-state index in [1.165, 1.54) is 19.2 Å². The van der Waals surface area contributed by atoms with E-state index in [4.69, 9.17) is 10.5 Å². The Kier molecular flexibility index (Phi) is 4.58. The number of nitrogens with one attached hydrogen (secondary N) is 1. The van der Waals surface area contributed by atoms with Crippen LogP contribution in [0.4, 0.5) is 5.82 Å². The van der Waals surface area contributed by atoms with Crippen LogP contribution in [0.15, 0.2) is 12.4 Å². The molecule has 0 radical (unpaired) electrons.